The topological polar surface area (TPSA) is 78.0 Å². The third-order valence-electron chi connectivity index (χ3n) is 3.44. The van der Waals surface area contributed by atoms with Crippen molar-refractivity contribution in [3.8, 4) is 16.9 Å². The van der Waals surface area contributed by atoms with Gasteiger partial charge in [0.15, 0.2) is 5.82 Å². The van der Waals surface area contributed by atoms with Crippen LogP contribution in [-0.2, 0) is 0 Å². The highest BCUT2D eigenvalue weighted by atomic mass is 35.5. The van der Waals surface area contributed by atoms with Crippen LogP contribution in [0.15, 0.2) is 48.5 Å². The predicted octanol–water partition coefficient (Wildman–Crippen LogP) is 4.00. The Morgan fingerprint density at radius 1 is 1.22 bits per heavy atom. The van der Waals surface area contributed by atoms with Crippen LogP contribution in [0.2, 0.25) is 5.02 Å². The largest absolute Gasteiger partial charge is 0.507 e. The van der Waals surface area contributed by atoms with Gasteiger partial charge in [-0.3, -0.25) is 9.89 Å². The molecule has 0 radical (unpaired) electrons. The lowest BCUT2D eigenvalue weighted by Crippen LogP contribution is -2.13. The minimum atomic E-state index is -0.478. The zero-order valence-corrected chi connectivity index (χ0v) is 13.1. The first kappa shape index (κ1) is 15.1. The molecule has 23 heavy (non-hydrogen) atoms. The minimum Gasteiger partial charge on any atom is -0.507 e. The van der Waals surface area contributed by atoms with Crippen LogP contribution in [0, 0.1) is 6.92 Å². The van der Waals surface area contributed by atoms with E-state index in [4.69, 9.17) is 11.6 Å². The number of halogens is 1. The number of amides is 1. The van der Waals surface area contributed by atoms with Crippen molar-refractivity contribution in [1.29, 1.82) is 0 Å². The number of carbonyl (C=O) groups is 1. The lowest BCUT2D eigenvalue weighted by atomic mass is 10.1. The molecule has 1 aromatic heterocycles. The molecule has 0 bridgehead atoms. The number of phenolic OH excluding ortho intramolecular Hbond substituents is 1. The van der Waals surface area contributed by atoms with Gasteiger partial charge in [-0.15, -0.1) is 0 Å². The number of aromatic nitrogens is 2. The Balaban J connectivity index is 1.95. The van der Waals surface area contributed by atoms with Gasteiger partial charge in [0.1, 0.15) is 5.75 Å². The molecular weight excluding hydrogens is 314 g/mol. The van der Waals surface area contributed by atoms with Gasteiger partial charge in [0.05, 0.1) is 5.56 Å². The van der Waals surface area contributed by atoms with Crippen LogP contribution in [0.25, 0.3) is 11.1 Å². The second-order valence-corrected chi connectivity index (χ2v) is 5.49. The number of nitrogens with one attached hydrogen (secondary N) is 2. The van der Waals surface area contributed by atoms with Crippen LogP contribution >= 0.6 is 11.6 Å². The van der Waals surface area contributed by atoms with Crippen molar-refractivity contribution in [2.45, 2.75) is 6.92 Å². The molecule has 1 amide bonds. The fourth-order valence-corrected chi connectivity index (χ4v) is 2.51. The molecule has 116 valence electrons. The molecule has 0 aliphatic carbocycles. The van der Waals surface area contributed by atoms with Crippen LogP contribution in [0.3, 0.4) is 0 Å². The van der Waals surface area contributed by atoms with E-state index in [1.165, 1.54) is 18.2 Å². The first-order valence-corrected chi connectivity index (χ1v) is 7.34. The van der Waals surface area contributed by atoms with Crippen molar-refractivity contribution in [2.75, 3.05) is 5.32 Å². The first-order chi connectivity index (χ1) is 11.1. The summed E-state index contributed by atoms with van der Waals surface area (Å²) in [6, 6.07) is 13.9. The number of aromatic amines is 1. The maximum Gasteiger partial charge on any atom is 0.260 e. The van der Waals surface area contributed by atoms with Crippen molar-refractivity contribution in [1.82, 2.24) is 10.2 Å². The molecule has 3 aromatic rings. The number of hydrogen-bond acceptors (Lipinski definition) is 3. The minimum absolute atomic E-state index is 0.0946. The zero-order valence-electron chi connectivity index (χ0n) is 12.3. The van der Waals surface area contributed by atoms with Crippen molar-refractivity contribution < 1.29 is 9.90 Å². The maximum absolute atomic E-state index is 12.4. The SMILES string of the molecule is Cc1[nH]nc(NC(=O)c2cc(Cl)ccc2O)c1-c1ccccc1. The van der Waals surface area contributed by atoms with Gasteiger partial charge in [-0.2, -0.15) is 5.10 Å². The quantitative estimate of drug-likeness (QED) is 0.680. The van der Waals surface area contributed by atoms with Crippen LogP contribution in [-0.4, -0.2) is 21.2 Å². The monoisotopic (exact) mass is 327 g/mol. The van der Waals surface area contributed by atoms with E-state index in [1.54, 1.807) is 0 Å². The third kappa shape index (κ3) is 3.05. The summed E-state index contributed by atoms with van der Waals surface area (Å²) in [4.78, 5) is 12.4. The summed E-state index contributed by atoms with van der Waals surface area (Å²) in [5.41, 5.74) is 2.67. The summed E-state index contributed by atoms with van der Waals surface area (Å²) in [7, 11) is 0. The Morgan fingerprint density at radius 3 is 2.70 bits per heavy atom. The molecule has 0 aliphatic rings. The Morgan fingerprint density at radius 2 is 1.96 bits per heavy atom. The van der Waals surface area contributed by atoms with E-state index in [-0.39, 0.29) is 11.3 Å². The fraction of sp³-hybridized carbons (Fsp3) is 0.0588. The lowest BCUT2D eigenvalue weighted by Gasteiger charge is -2.08. The number of H-pyrrole nitrogens is 1. The molecule has 0 saturated carbocycles. The van der Waals surface area contributed by atoms with Crippen LogP contribution in [0.5, 0.6) is 5.75 Å². The van der Waals surface area contributed by atoms with E-state index in [0.717, 1.165) is 16.8 Å². The number of benzene rings is 2. The molecule has 2 aromatic carbocycles. The Kier molecular flexibility index (Phi) is 4.04. The van der Waals surface area contributed by atoms with Gasteiger partial charge in [-0.25, -0.2) is 0 Å². The normalized spacial score (nSPS) is 10.5. The lowest BCUT2D eigenvalue weighted by molar-refractivity contribution is 0.102. The fourth-order valence-electron chi connectivity index (χ4n) is 2.34. The highest BCUT2D eigenvalue weighted by molar-refractivity contribution is 6.31. The maximum atomic E-state index is 12.4. The summed E-state index contributed by atoms with van der Waals surface area (Å²) >= 11 is 5.88. The summed E-state index contributed by atoms with van der Waals surface area (Å²) in [6.45, 7) is 1.88. The standard InChI is InChI=1S/C17H14ClN3O2/c1-10-15(11-5-3-2-4-6-11)16(21-20-10)19-17(23)13-9-12(18)7-8-14(13)22/h2-9,22H,1H3,(H2,19,20,21,23). The molecule has 0 spiro atoms. The molecule has 0 fully saturated rings. The van der Waals surface area contributed by atoms with Gasteiger partial charge in [-0.05, 0) is 30.7 Å². The number of rotatable bonds is 3. The molecule has 3 N–H and O–H groups in total. The van der Waals surface area contributed by atoms with E-state index < -0.39 is 5.91 Å². The summed E-state index contributed by atoms with van der Waals surface area (Å²) in [6.07, 6.45) is 0. The molecule has 1 heterocycles. The molecule has 3 rings (SSSR count). The number of phenols is 1. The van der Waals surface area contributed by atoms with Crippen molar-refractivity contribution in [3.63, 3.8) is 0 Å². The number of nitrogens with zero attached hydrogens (tertiary/aromatic N) is 1. The average molecular weight is 328 g/mol. The van der Waals surface area contributed by atoms with Crippen LogP contribution in [0.4, 0.5) is 5.82 Å². The molecule has 0 atom stereocenters. The van der Waals surface area contributed by atoms with Crippen molar-refractivity contribution in [3.05, 3.63) is 64.8 Å². The van der Waals surface area contributed by atoms with E-state index in [9.17, 15) is 9.90 Å². The molecule has 5 nitrogen and oxygen atoms in total. The van der Waals surface area contributed by atoms with E-state index in [2.05, 4.69) is 15.5 Å². The number of aromatic hydroxyl groups is 1. The Labute approximate surface area is 137 Å². The second kappa shape index (κ2) is 6.14. The second-order valence-electron chi connectivity index (χ2n) is 5.05. The van der Waals surface area contributed by atoms with Gasteiger partial charge in [0, 0.05) is 16.3 Å². The van der Waals surface area contributed by atoms with Gasteiger partial charge in [0.2, 0.25) is 0 Å². The van der Waals surface area contributed by atoms with Crippen LogP contribution < -0.4 is 5.32 Å². The summed E-state index contributed by atoms with van der Waals surface area (Å²) < 4.78 is 0. The molecule has 0 saturated heterocycles. The molecule has 6 heteroatoms. The number of anilines is 1. The van der Waals surface area contributed by atoms with Gasteiger partial charge < -0.3 is 10.4 Å². The predicted molar refractivity (Wildman–Crippen MR) is 89.8 cm³/mol. The van der Waals surface area contributed by atoms with E-state index in [1.807, 2.05) is 37.3 Å². The average Bonchev–Trinajstić information content (AvgIpc) is 2.91. The Hall–Kier alpha value is -2.79. The number of aryl methyl sites for hydroxylation is 1. The smallest absolute Gasteiger partial charge is 0.260 e. The summed E-state index contributed by atoms with van der Waals surface area (Å²) in [5.74, 6) is -0.216. The highest BCUT2D eigenvalue weighted by Crippen LogP contribution is 2.30. The third-order valence-corrected chi connectivity index (χ3v) is 3.68. The van der Waals surface area contributed by atoms with E-state index in [0.29, 0.717) is 10.8 Å². The molecule has 0 aliphatic heterocycles. The van der Waals surface area contributed by atoms with Gasteiger partial charge >= 0.3 is 0 Å². The van der Waals surface area contributed by atoms with Crippen molar-refractivity contribution in [2.24, 2.45) is 0 Å². The molecule has 0 unspecified atom stereocenters. The van der Waals surface area contributed by atoms with Gasteiger partial charge in [0.25, 0.3) is 5.91 Å². The first-order valence-electron chi connectivity index (χ1n) is 6.96. The number of hydrogen-bond donors (Lipinski definition) is 3. The molecular formula is C17H14ClN3O2. The number of carbonyl (C=O) groups excluding carboxylic acids is 1. The van der Waals surface area contributed by atoms with E-state index >= 15 is 0 Å². The summed E-state index contributed by atoms with van der Waals surface area (Å²) in [5, 5.41) is 19.9. The van der Waals surface area contributed by atoms with Crippen LogP contribution in [0.1, 0.15) is 16.1 Å². The van der Waals surface area contributed by atoms with Gasteiger partial charge in [-0.1, -0.05) is 41.9 Å². The highest BCUT2D eigenvalue weighted by Gasteiger charge is 2.18. The Bertz CT molecular complexity index is 860. The zero-order chi connectivity index (χ0) is 16.4. The van der Waals surface area contributed by atoms with Crippen molar-refractivity contribution >= 4 is 23.3 Å².